The molecule has 0 spiro atoms. The Balaban J connectivity index is 0.00000200. The van der Waals surface area contributed by atoms with E-state index in [1.54, 1.807) is 0 Å². The van der Waals surface area contributed by atoms with Crippen molar-refractivity contribution >= 4 is 36.4 Å². The first-order valence-electron chi connectivity index (χ1n) is 7.03. The van der Waals surface area contributed by atoms with Crippen LogP contribution in [0.15, 0.2) is 24.3 Å². The van der Waals surface area contributed by atoms with Crippen LogP contribution in [0.25, 0.3) is 0 Å². The molecule has 0 aromatic heterocycles. The van der Waals surface area contributed by atoms with Gasteiger partial charge in [0.1, 0.15) is 0 Å². The lowest BCUT2D eigenvalue weighted by Crippen LogP contribution is -2.36. The van der Waals surface area contributed by atoms with Gasteiger partial charge in [0, 0.05) is 37.4 Å². The van der Waals surface area contributed by atoms with Crippen LogP contribution < -0.4 is 15.5 Å². The zero-order chi connectivity index (χ0) is 13.7. The van der Waals surface area contributed by atoms with Crippen LogP contribution in [-0.2, 0) is 0 Å². The highest BCUT2D eigenvalue weighted by atomic mass is 35.5. The maximum Gasteiger partial charge on any atom is 0.251 e. The molecule has 120 valence electrons. The summed E-state index contributed by atoms with van der Waals surface area (Å²) >= 11 is 0. The third-order valence-electron chi connectivity index (χ3n) is 3.52. The molecule has 1 aromatic carbocycles. The lowest BCUT2D eigenvalue weighted by atomic mass is 10.1. The first-order valence-corrected chi connectivity index (χ1v) is 7.03. The summed E-state index contributed by atoms with van der Waals surface area (Å²) in [7, 11) is 2.07. The highest BCUT2D eigenvalue weighted by Gasteiger charge is 2.17. The summed E-state index contributed by atoms with van der Waals surface area (Å²) in [5, 5.41) is 6.30. The van der Waals surface area contributed by atoms with E-state index in [9.17, 15) is 4.79 Å². The van der Waals surface area contributed by atoms with E-state index in [1.165, 1.54) is 0 Å². The first-order chi connectivity index (χ1) is 9.20. The minimum atomic E-state index is 0. The number of nitrogens with one attached hydrogen (secondary N) is 2. The predicted molar refractivity (Wildman–Crippen MR) is 93.2 cm³/mol. The molecule has 1 aliphatic rings. The number of carbonyl (C=O) groups excluding carboxylic acids is 1. The summed E-state index contributed by atoms with van der Waals surface area (Å²) in [6.45, 7) is 5.06. The minimum Gasteiger partial charge on any atom is -0.375 e. The van der Waals surface area contributed by atoms with E-state index in [4.69, 9.17) is 0 Å². The molecule has 1 fully saturated rings. The molecule has 1 saturated heterocycles. The van der Waals surface area contributed by atoms with Gasteiger partial charge >= 0.3 is 0 Å². The second-order valence-corrected chi connectivity index (χ2v) is 5.13. The minimum absolute atomic E-state index is 0. The van der Waals surface area contributed by atoms with Gasteiger partial charge < -0.3 is 15.5 Å². The molecule has 2 rings (SSSR count). The number of halogens is 2. The summed E-state index contributed by atoms with van der Waals surface area (Å²) in [5.41, 5.74) is 1.89. The molecule has 0 saturated carbocycles. The van der Waals surface area contributed by atoms with E-state index in [0.29, 0.717) is 0 Å². The average molecular weight is 334 g/mol. The Morgan fingerprint density at radius 1 is 1.33 bits per heavy atom. The molecule has 6 heteroatoms. The molecular formula is C15H25Cl2N3O. The van der Waals surface area contributed by atoms with E-state index >= 15 is 0 Å². The van der Waals surface area contributed by atoms with E-state index in [0.717, 1.165) is 43.7 Å². The van der Waals surface area contributed by atoms with Crippen LogP contribution in [0.1, 0.15) is 30.1 Å². The Morgan fingerprint density at radius 2 is 2.00 bits per heavy atom. The number of anilines is 1. The van der Waals surface area contributed by atoms with Gasteiger partial charge in [-0.2, -0.15) is 0 Å². The molecule has 2 N–H and O–H groups in total. The molecule has 0 aliphatic carbocycles. The lowest BCUT2D eigenvalue weighted by molar-refractivity contribution is 0.0940. The fourth-order valence-corrected chi connectivity index (χ4v) is 2.38. The molecule has 1 unspecified atom stereocenters. The van der Waals surface area contributed by atoms with Crippen LogP contribution in [0.3, 0.4) is 0 Å². The number of carbonyl (C=O) groups is 1. The van der Waals surface area contributed by atoms with E-state index in [1.807, 2.05) is 24.3 Å². The van der Waals surface area contributed by atoms with E-state index in [-0.39, 0.29) is 36.8 Å². The van der Waals surface area contributed by atoms with Crippen LogP contribution >= 0.6 is 24.8 Å². The highest BCUT2D eigenvalue weighted by Crippen LogP contribution is 2.14. The van der Waals surface area contributed by atoms with Gasteiger partial charge in [0.25, 0.3) is 5.91 Å². The summed E-state index contributed by atoms with van der Waals surface area (Å²) in [6.07, 6.45) is 2.14. The van der Waals surface area contributed by atoms with Crippen molar-refractivity contribution in [2.24, 2.45) is 0 Å². The molecule has 1 atom stereocenters. The van der Waals surface area contributed by atoms with Crippen LogP contribution in [-0.4, -0.2) is 38.6 Å². The Bertz CT molecular complexity index is 419. The van der Waals surface area contributed by atoms with Crippen LogP contribution in [0.4, 0.5) is 5.69 Å². The molecule has 4 nitrogen and oxygen atoms in total. The number of rotatable bonds is 5. The zero-order valence-corrected chi connectivity index (χ0v) is 14.2. The molecule has 1 aliphatic heterocycles. The van der Waals surface area contributed by atoms with Crippen molar-refractivity contribution in [3.8, 4) is 0 Å². The number of hydrogen-bond acceptors (Lipinski definition) is 3. The van der Waals surface area contributed by atoms with Crippen molar-refractivity contribution in [2.45, 2.75) is 25.8 Å². The standard InChI is InChI=1S/C15H23N3O.2ClH/c1-3-10-18(2)14-6-4-12(5-7-14)15(19)17-13-8-9-16-11-13;;/h4-7,13,16H,3,8-11H2,1-2H3,(H,17,19);2*1H. The zero-order valence-electron chi connectivity index (χ0n) is 12.6. The van der Waals surface area contributed by atoms with Gasteiger partial charge in [0.15, 0.2) is 0 Å². The molecular weight excluding hydrogens is 309 g/mol. The highest BCUT2D eigenvalue weighted by molar-refractivity contribution is 5.94. The molecule has 1 heterocycles. The van der Waals surface area contributed by atoms with Crippen LogP contribution in [0.5, 0.6) is 0 Å². The molecule has 1 aromatic rings. The van der Waals surface area contributed by atoms with E-state index < -0.39 is 0 Å². The van der Waals surface area contributed by atoms with Crippen LogP contribution in [0, 0.1) is 0 Å². The lowest BCUT2D eigenvalue weighted by Gasteiger charge is -2.18. The quantitative estimate of drug-likeness (QED) is 0.869. The number of hydrogen-bond donors (Lipinski definition) is 2. The Labute approximate surface area is 139 Å². The van der Waals surface area contributed by atoms with Gasteiger partial charge in [-0.3, -0.25) is 4.79 Å². The Morgan fingerprint density at radius 3 is 2.52 bits per heavy atom. The van der Waals surface area contributed by atoms with E-state index in [2.05, 4.69) is 29.5 Å². The Hall–Kier alpha value is -0.970. The number of benzene rings is 1. The van der Waals surface area contributed by atoms with Crippen molar-refractivity contribution in [1.82, 2.24) is 10.6 Å². The fourth-order valence-electron chi connectivity index (χ4n) is 2.38. The molecule has 1 amide bonds. The largest absolute Gasteiger partial charge is 0.375 e. The smallest absolute Gasteiger partial charge is 0.251 e. The number of amides is 1. The van der Waals surface area contributed by atoms with Gasteiger partial charge in [-0.05, 0) is 43.7 Å². The van der Waals surface area contributed by atoms with Crippen molar-refractivity contribution in [2.75, 3.05) is 31.6 Å². The fraction of sp³-hybridized carbons (Fsp3) is 0.533. The SMILES string of the molecule is CCCN(C)c1ccc(C(=O)NC2CCNC2)cc1.Cl.Cl. The third-order valence-corrected chi connectivity index (χ3v) is 3.52. The second-order valence-electron chi connectivity index (χ2n) is 5.13. The summed E-state index contributed by atoms with van der Waals surface area (Å²) in [5.74, 6) is 0.0263. The van der Waals surface area contributed by atoms with Crippen molar-refractivity contribution in [1.29, 1.82) is 0 Å². The van der Waals surface area contributed by atoms with Crippen LogP contribution in [0.2, 0.25) is 0 Å². The average Bonchev–Trinajstić information content (AvgIpc) is 2.92. The summed E-state index contributed by atoms with van der Waals surface area (Å²) in [6, 6.07) is 8.10. The maximum absolute atomic E-state index is 12.1. The summed E-state index contributed by atoms with van der Waals surface area (Å²) in [4.78, 5) is 14.3. The van der Waals surface area contributed by atoms with Crippen molar-refractivity contribution < 1.29 is 4.79 Å². The monoisotopic (exact) mass is 333 g/mol. The van der Waals surface area contributed by atoms with Gasteiger partial charge in [-0.25, -0.2) is 0 Å². The first kappa shape index (κ1) is 20.0. The maximum atomic E-state index is 12.1. The topological polar surface area (TPSA) is 44.4 Å². The van der Waals surface area contributed by atoms with Crippen molar-refractivity contribution in [3.05, 3.63) is 29.8 Å². The van der Waals surface area contributed by atoms with Gasteiger partial charge in [0.05, 0.1) is 0 Å². The molecule has 21 heavy (non-hydrogen) atoms. The molecule has 0 radical (unpaired) electrons. The summed E-state index contributed by atoms with van der Waals surface area (Å²) < 4.78 is 0. The third kappa shape index (κ3) is 5.73. The normalized spacial score (nSPS) is 16.6. The molecule has 0 bridgehead atoms. The van der Waals surface area contributed by atoms with Gasteiger partial charge in [-0.1, -0.05) is 6.92 Å². The van der Waals surface area contributed by atoms with Crippen molar-refractivity contribution in [3.63, 3.8) is 0 Å². The second kappa shape index (κ2) is 9.87. The Kier molecular flexibility index (Phi) is 9.42. The predicted octanol–water partition coefficient (Wildman–Crippen LogP) is 2.47. The van der Waals surface area contributed by atoms with Gasteiger partial charge in [-0.15, -0.1) is 24.8 Å². The van der Waals surface area contributed by atoms with Gasteiger partial charge in [0.2, 0.25) is 0 Å². The number of nitrogens with zero attached hydrogens (tertiary/aromatic N) is 1.